The Morgan fingerprint density at radius 3 is 2.60 bits per heavy atom. The van der Waals surface area contributed by atoms with Crippen molar-refractivity contribution >= 4 is 28.6 Å². The molecule has 216 valence electrons. The van der Waals surface area contributed by atoms with E-state index in [1.165, 1.54) is 22.2 Å². The van der Waals surface area contributed by atoms with Gasteiger partial charge in [0.1, 0.15) is 0 Å². The quantitative estimate of drug-likeness (QED) is 0.250. The number of aromatic nitrogens is 1. The van der Waals surface area contributed by atoms with Crippen molar-refractivity contribution in [2.45, 2.75) is 71.8 Å². The van der Waals surface area contributed by atoms with Crippen molar-refractivity contribution in [2.24, 2.45) is 5.92 Å². The van der Waals surface area contributed by atoms with Crippen LogP contribution < -0.4 is 5.32 Å². The highest BCUT2D eigenvalue weighted by Gasteiger charge is 2.29. The Balaban J connectivity index is 1.32. The Labute approximate surface area is 238 Å². The van der Waals surface area contributed by atoms with Crippen LogP contribution in [0.5, 0.6) is 0 Å². The average Bonchev–Trinajstić information content (AvgIpc) is 3.24. The first-order chi connectivity index (χ1) is 19.4. The first-order valence-electron chi connectivity index (χ1n) is 14.7. The van der Waals surface area contributed by atoms with Gasteiger partial charge in [0, 0.05) is 68.0 Å². The lowest BCUT2D eigenvalue weighted by atomic mass is 9.91. The molecule has 0 aliphatic carbocycles. The molecule has 1 atom stereocenters. The van der Waals surface area contributed by atoms with Crippen LogP contribution in [0.15, 0.2) is 48.5 Å². The number of carbonyl (C=O) groups excluding carboxylic acids is 2. The zero-order valence-corrected chi connectivity index (χ0v) is 24.6. The number of hydrogen-bond acceptors (Lipinski definition) is 4. The molecule has 1 fully saturated rings. The van der Waals surface area contributed by atoms with E-state index in [2.05, 4.69) is 46.0 Å². The van der Waals surface area contributed by atoms with Crippen LogP contribution in [-0.4, -0.2) is 54.9 Å². The highest BCUT2D eigenvalue weighted by molar-refractivity contribution is 5.86. The summed E-state index contributed by atoms with van der Waals surface area (Å²) >= 11 is 0. The number of aryl methyl sites for hydroxylation is 3. The first-order valence-corrected chi connectivity index (χ1v) is 14.7. The van der Waals surface area contributed by atoms with Crippen molar-refractivity contribution in [3.8, 4) is 0 Å². The van der Waals surface area contributed by atoms with Crippen LogP contribution in [0.3, 0.4) is 0 Å². The zero-order valence-electron chi connectivity index (χ0n) is 24.6. The fraction of sp³-hybridized carbons (Fsp3) is 0.515. The molecule has 7 nitrogen and oxygen atoms in total. The zero-order chi connectivity index (χ0) is 28.5. The Hall–Kier alpha value is -3.32. The molecular weight excluding hydrogens is 502 g/mol. The van der Waals surface area contributed by atoms with Crippen molar-refractivity contribution in [3.05, 3.63) is 65.4 Å². The smallest absolute Gasteiger partial charge is 0.411 e. The van der Waals surface area contributed by atoms with Gasteiger partial charge in [0.15, 0.2) is 0 Å². The molecule has 0 spiro atoms. The van der Waals surface area contributed by atoms with Gasteiger partial charge >= 0.3 is 6.09 Å². The van der Waals surface area contributed by atoms with Crippen LogP contribution in [0, 0.1) is 12.8 Å². The predicted molar refractivity (Wildman–Crippen MR) is 161 cm³/mol. The highest BCUT2D eigenvalue weighted by Crippen LogP contribution is 2.36. The standard InChI is InChI=1S/C33H45N3O4/c1-24(2)23-40-33(38)34-28-17-15-26(16-18-28)10-7-14-31(37)35-19-8-11-27(22-35)32-25(3)29-12-5-6-13-30(29)36(32)20-9-21-39-4/h5-6,12-13,15-18,24,27H,7-11,14,19-23H2,1-4H3,(H,34,38). The monoisotopic (exact) mass is 547 g/mol. The topological polar surface area (TPSA) is 72.8 Å². The fourth-order valence-electron chi connectivity index (χ4n) is 5.81. The van der Waals surface area contributed by atoms with E-state index in [0.29, 0.717) is 30.6 Å². The number of hydrogen-bond donors (Lipinski definition) is 1. The summed E-state index contributed by atoms with van der Waals surface area (Å²) in [5.74, 6) is 0.893. The molecule has 1 unspecified atom stereocenters. The lowest BCUT2D eigenvalue weighted by Gasteiger charge is -2.34. The summed E-state index contributed by atoms with van der Waals surface area (Å²) in [4.78, 5) is 27.2. The first kappa shape index (κ1) is 29.7. The van der Waals surface area contributed by atoms with Gasteiger partial charge in [-0.1, -0.05) is 44.2 Å². The second kappa shape index (κ2) is 14.4. The molecule has 2 heterocycles. The molecule has 1 saturated heterocycles. The molecule has 1 aliphatic heterocycles. The molecule has 2 aromatic carbocycles. The van der Waals surface area contributed by atoms with E-state index in [0.717, 1.165) is 63.9 Å². The predicted octanol–water partition coefficient (Wildman–Crippen LogP) is 6.92. The highest BCUT2D eigenvalue weighted by atomic mass is 16.5. The SMILES string of the molecule is COCCCn1c(C2CCCN(C(=O)CCCc3ccc(NC(=O)OCC(C)C)cc3)C2)c(C)c2ccccc21. The number of fused-ring (bicyclic) bond motifs is 1. The molecule has 2 amide bonds. The third-order valence-electron chi connectivity index (χ3n) is 7.77. The second-order valence-electron chi connectivity index (χ2n) is 11.4. The summed E-state index contributed by atoms with van der Waals surface area (Å²) in [7, 11) is 1.75. The summed E-state index contributed by atoms with van der Waals surface area (Å²) in [5.41, 5.74) is 5.88. The normalized spacial score (nSPS) is 15.5. The van der Waals surface area contributed by atoms with Crippen molar-refractivity contribution < 1.29 is 19.1 Å². The van der Waals surface area contributed by atoms with Crippen molar-refractivity contribution in [1.29, 1.82) is 0 Å². The molecule has 1 N–H and O–H groups in total. The van der Waals surface area contributed by atoms with Crippen molar-refractivity contribution in [1.82, 2.24) is 9.47 Å². The number of rotatable bonds is 12. The minimum absolute atomic E-state index is 0.246. The Kier molecular flexibility index (Phi) is 10.6. The molecule has 1 aliphatic rings. The number of anilines is 1. The summed E-state index contributed by atoms with van der Waals surface area (Å²) < 4.78 is 13.0. The number of carbonyl (C=O) groups is 2. The van der Waals surface area contributed by atoms with Gasteiger partial charge in [0.2, 0.25) is 5.91 Å². The van der Waals surface area contributed by atoms with Gasteiger partial charge < -0.3 is 18.9 Å². The number of likely N-dealkylation sites (tertiary alicyclic amines) is 1. The van der Waals surface area contributed by atoms with Gasteiger partial charge in [-0.2, -0.15) is 0 Å². The Bertz CT molecular complexity index is 1260. The number of nitrogens with zero attached hydrogens (tertiary/aromatic N) is 2. The van der Waals surface area contributed by atoms with Crippen LogP contribution in [-0.2, 0) is 27.2 Å². The minimum atomic E-state index is -0.433. The van der Waals surface area contributed by atoms with Crippen LogP contribution in [0.2, 0.25) is 0 Å². The van der Waals surface area contributed by atoms with Gasteiger partial charge in [-0.15, -0.1) is 0 Å². The Morgan fingerprint density at radius 1 is 1.07 bits per heavy atom. The molecule has 0 bridgehead atoms. The number of benzene rings is 2. The van der Waals surface area contributed by atoms with E-state index in [-0.39, 0.29) is 5.91 Å². The number of ether oxygens (including phenoxy) is 2. The van der Waals surface area contributed by atoms with Gasteiger partial charge in [0.25, 0.3) is 0 Å². The summed E-state index contributed by atoms with van der Waals surface area (Å²) in [6, 6.07) is 16.4. The lowest BCUT2D eigenvalue weighted by Crippen LogP contribution is -2.39. The van der Waals surface area contributed by atoms with Gasteiger partial charge in [-0.25, -0.2) is 4.79 Å². The minimum Gasteiger partial charge on any atom is -0.449 e. The summed E-state index contributed by atoms with van der Waals surface area (Å²) in [6.45, 7) is 9.93. The number of para-hydroxylation sites is 1. The number of amides is 2. The van der Waals surface area contributed by atoms with Crippen LogP contribution in [0.4, 0.5) is 10.5 Å². The fourth-order valence-corrected chi connectivity index (χ4v) is 5.81. The molecular formula is C33H45N3O4. The van der Waals surface area contributed by atoms with Crippen molar-refractivity contribution in [3.63, 3.8) is 0 Å². The van der Waals surface area contributed by atoms with E-state index >= 15 is 0 Å². The largest absolute Gasteiger partial charge is 0.449 e. The van der Waals surface area contributed by atoms with E-state index in [9.17, 15) is 9.59 Å². The number of nitrogens with one attached hydrogen (secondary N) is 1. The molecule has 1 aromatic heterocycles. The maximum absolute atomic E-state index is 13.2. The third kappa shape index (κ3) is 7.66. The van der Waals surface area contributed by atoms with Gasteiger partial charge in [-0.3, -0.25) is 10.1 Å². The molecule has 0 saturated carbocycles. The van der Waals surface area contributed by atoms with Crippen LogP contribution in [0.1, 0.15) is 68.7 Å². The van der Waals surface area contributed by atoms with Crippen molar-refractivity contribution in [2.75, 3.05) is 38.7 Å². The average molecular weight is 548 g/mol. The van der Waals surface area contributed by atoms with Crippen LogP contribution >= 0.6 is 0 Å². The molecule has 4 rings (SSSR count). The summed E-state index contributed by atoms with van der Waals surface area (Å²) in [6.07, 6.45) is 4.85. The number of piperidine rings is 1. The molecule has 0 radical (unpaired) electrons. The van der Waals surface area contributed by atoms with E-state index in [4.69, 9.17) is 9.47 Å². The van der Waals surface area contributed by atoms with Gasteiger partial charge in [0.05, 0.1) is 6.61 Å². The van der Waals surface area contributed by atoms with E-state index in [1.807, 2.05) is 38.1 Å². The van der Waals surface area contributed by atoms with E-state index in [1.54, 1.807) is 7.11 Å². The maximum atomic E-state index is 13.2. The van der Waals surface area contributed by atoms with Crippen LogP contribution in [0.25, 0.3) is 10.9 Å². The molecule has 7 heteroatoms. The second-order valence-corrected chi connectivity index (χ2v) is 11.4. The summed E-state index contributed by atoms with van der Waals surface area (Å²) in [5, 5.41) is 4.07. The Morgan fingerprint density at radius 2 is 1.85 bits per heavy atom. The maximum Gasteiger partial charge on any atom is 0.411 e. The number of methoxy groups -OCH3 is 1. The molecule has 40 heavy (non-hydrogen) atoms. The molecule has 3 aromatic rings. The van der Waals surface area contributed by atoms with E-state index < -0.39 is 6.09 Å². The lowest BCUT2D eigenvalue weighted by molar-refractivity contribution is -0.132. The van der Waals surface area contributed by atoms with Gasteiger partial charge in [-0.05, 0) is 74.3 Å². The third-order valence-corrected chi connectivity index (χ3v) is 7.77.